The fourth-order valence-electron chi connectivity index (χ4n) is 4.24. The molecule has 0 N–H and O–H groups in total. The van der Waals surface area contributed by atoms with Crippen LogP contribution in [-0.4, -0.2) is 23.4 Å². The molecule has 0 spiro atoms. The van der Waals surface area contributed by atoms with Gasteiger partial charge in [-0.05, 0) is 43.7 Å². The molecule has 1 saturated heterocycles. The zero-order valence-electron chi connectivity index (χ0n) is 13.2. The summed E-state index contributed by atoms with van der Waals surface area (Å²) < 4.78 is 5.33. The molecule has 1 amide bonds. The first-order valence-electron chi connectivity index (χ1n) is 8.58. The normalized spacial score (nSPS) is 22.1. The van der Waals surface area contributed by atoms with Crippen LogP contribution in [0, 0.1) is 5.92 Å². The van der Waals surface area contributed by atoms with Crippen LogP contribution in [0.25, 0.3) is 11.0 Å². The SMILES string of the molecule is O=C(c1cc2ccccc2oc1=O)N1CCC[C@@H]1C1CCCC1. The van der Waals surface area contributed by atoms with Crippen molar-refractivity contribution < 1.29 is 9.21 Å². The highest BCUT2D eigenvalue weighted by molar-refractivity contribution is 5.97. The van der Waals surface area contributed by atoms with Crippen molar-refractivity contribution in [2.45, 2.75) is 44.6 Å². The van der Waals surface area contributed by atoms with Gasteiger partial charge in [-0.1, -0.05) is 31.0 Å². The number of benzene rings is 1. The van der Waals surface area contributed by atoms with Gasteiger partial charge in [0, 0.05) is 18.0 Å². The number of likely N-dealkylation sites (tertiary alicyclic amines) is 1. The van der Waals surface area contributed by atoms with Gasteiger partial charge in [-0.2, -0.15) is 0 Å². The summed E-state index contributed by atoms with van der Waals surface area (Å²) in [5.74, 6) is 0.452. The lowest BCUT2D eigenvalue weighted by atomic mass is 9.95. The summed E-state index contributed by atoms with van der Waals surface area (Å²) in [5.41, 5.74) is 0.183. The third-order valence-corrected chi connectivity index (χ3v) is 5.38. The Morgan fingerprint density at radius 3 is 2.70 bits per heavy atom. The molecule has 0 bridgehead atoms. The fourth-order valence-corrected chi connectivity index (χ4v) is 4.24. The molecule has 4 heteroatoms. The van der Waals surface area contributed by atoms with Gasteiger partial charge in [-0.3, -0.25) is 4.79 Å². The maximum Gasteiger partial charge on any atom is 0.349 e. The quantitative estimate of drug-likeness (QED) is 0.796. The van der Waals surface area contributed by atoms with Crippen LogP contribution < -0.4 is 5.63 Å². The summed E-state index contributed by atoms with van der Waals surface area (Å²) in [7, 11) is 0. The van der Waals surface area contributed by atoms with Crippen LogP contribution in [0.3, 0.4) is 0 Å². The lowest BCUT2D eigenvalue weighted by Crippen LogP contribution is -2.41. The highest BCUT2D eigenvalue weighted by atomic mass is 16.4. The zero-order valence-corrected chi connectivity index (χ0v) is 13.2. The summed E-state index contributed by atoms with van der Waals surface area (Å²) in [6.07, 6.45) is 7.05. The van der Waals surface area contributed by atoms with Crippen LogP contribution in [0.5, 0.6) is 0 Å². The molecule has 0 radical (unpaired) electrons. The number of para-hydroxylation sites is 1. The van der Waals surface area contributed by atoms with Crippen molar-refractivity contribution in [2.75, 3.05) is 6.54 Å². The van der Waals surface area contributed by atoms with Crippen LogP contribution in [0.2, 0.25) is 0 Å². The maximum absolute atomic E-state index is 12.9. The van der Waals surface area contributed by atoms with Crippen molar-refractivity contribution in [3.63, 3.8) is 0 Å². The molecule has 4 rings (SSSR count). The summed E-state index contributed by atoms with van der Waals surface area (Å²) in [5, 5.41) is 0.798. The predicted molar refractivity (Wildman–Crippen MR) is 88.5 cm³/mol. The van der Waals surface area contributed by atoms with Crippen LogP contribution >= 0.6 is 0 Å². The van der Waals surface area contributed by atoms with Gasteiger partial charge in [-0.25, -0.2) is 4.79 Å². The largest absolute Gasteiger partial charge is 0.422 e. The van der Waals surface area contributed by atoms with E-state index in [9.17, 15) is 9.59 Å². The van der Waals surface area contributed by atoms with Crippen LogP contribution in [0.15, 0.2) is 39.5 Å². The van der Waals surface area contributed by atoms with Gasteiger partial charge in [0.1, 0.15) is 11.1 Å². The lowest BCUT2D eigenvalue weighted by molar-refractivity contribution is 0.0685. The van der Waals surface area contributed by atoms with Crippen molar-refractivity contribution >= 4 is 16.9 Å². The second-order valence-electron chi connectivity index (χ2n) is 6.74. The average Bonchev–Trinajstić information content (AvgIpc) is 3.24. The van der Waals surface area contributed by atoms with Crippen molar-refractivity contribution in [3.8, 4) is 0 Å². The molecule has 23 heavy (non-hydrogen) atoms. The van der Waals surface area contributed by atoms with Gasteiger partial charge in [0.05, 0.1) is 0 Å². The molecular formula is C19H21NO3. The van der Waals surface area contributed by atoms with E-state index in [1.54, 1.807) is 12.1 Å². The van der Waals surface area contributed by atoms with E-state index in [-0.39, 0.29) is 11.5 Å². The number of carbonyl (C=O) groups is 1. The van der Waals surface area contributed by atoms with Crippen molar-refractivity contribution in [2.24, 2.45) is 5.92 Å². The molecule has 2 fully saturated rings. The zero-order chi connectivity index (χ0) is 15.8. The third-order valence-electron chi connectivity index (χ3n) is 5.38. The molecule has 2 heterocycles. The number of amides is 1. The van der Waals surface area contributed by atoms with Crippen LogP contribution in [-0.2, 0) is 0 Å². The van der Waals surface area contributed by atoms with E-state index >= 15 is 0 Å². The minimum absolute atomic E-state index is 0.154. The molecule has 1 atom stereocenters. The number of nitrogens with zero attached hydrogens (tertiary/aromatic N) is 1. The minimum Gasteiger partial charge on any atom is -0.422 e. The molecule has 1 aromatic heterocycles. The van der Waals surface area contributed by atoms with E-state index < -0.39 is 5.63 Å². The Bertz CT molecular complexity index is 789. The summed E-state index contributed by atoms with van der Waals surface area (Å²) in [4.78, 5) is 27.1. The van der Waals surface area contributed by atoms with E-state index in [1.165, 1.54) is 25.7 Å². The topological polar surface area (TPSA) is 50.5 Å². The van der Waals surface area contributed by atoms with Gasteiger partial charge in [0.15, 0.2) is 0 Å². The van der Waals surface area contributed by atoms with E-state index in [1.807, 2.05) is 23.1 Å². The number of fused-ring (bicyclic) bond motifs is 1. The fraction of sp³-hybridized carbons (Fsp3) is 0.474. The number of carbonyl (C=O) groups excluding carboxylic acids is 1. The maximum atomic E-state index is 12.9. The van der Waals surface area contributed by atoms with E-state index in [0.717, 1.165) is 24.8 Å². The van der Waals surface area contributed by atoms with E-state index in [4.69, 9.17) is 4.42 Å². The smallest absolute Gasteiger partial charge is 0.349 e. The van der Waals surface area contributed by atoms with Gasteiger partial charge in [0.2, 0.25) is 0 Å². The standard InChI is InChI=1S/C19H21NO3/c21-18(20-11-5-9-16(20)13-6-1-2-7-13)15-12-14-8-3-4-10-17(14)23-19(15)22/h3-4,8,10,12-13,16H,1-2,5-7,9,11H2/t16-/m1/s1. The molecule has 1 saturated carbocycles. The Labute approximate surface area is 135 Å². The lowest BCUT2D eigenvalue weighted by Gasteiger charge is -2.29. The van der Waals surface area contributed by atoms with E-state index in [0.29, 0.717) is 17.5 Å². The molecule has 0 unspecified atom stereocenters. The first kappa shape index (κ1) is 14.5. The van der Waals surface area contributed by atoms with Gasteiger partial charge >= 0.3 is 5.63 Å². The Balaban J connectivity index is 1.68. The third kappa shape index (κ3) is 2.56. The molecule has 1 aromatic carbocycles. The Hall–Kier alpha value is -2.10. The van der Waals surface area contributed by atoms with E-state index in [2.05, 4.69) is 0 Å². The minimum atomic E-state index is -0.522. The first-order valence-corrected chi connectivity index (χ1v) is 8.58. The molecule has 2 aromatic rings. The van der Waals surface area contributed by atoms with Gasteiger partial charge < -0.3 is 9.32 Å². The summed E-state index contributed by atoms with van der Waals surface area (Å²) in [6, 6.07) is 9.32. The number of hydrogen-bond acceptors (Lipinski definition) is 3. The summed E-state index contributed by atoms with van der Waals surface area (Å²) in [6.45, 7) is 0.756. The van der Waals surface area contributed by atoms with Crippen molar-refractivity contribution in [1.82, 2.24) is 4.90 Å². The van der Waals surface area contributed by atoms with Crippen LogP contribution in [0.4, 0.5) is 0 Å². The Morgan fingerprint density at radius 1 is 1.09 bits per heavy atom. The first-order chi connectivity index (χ1) is 11.2. The second kappa shape index (κ2) is 5.84. The monoisotopic (exact) mass is 311 g/mol. The number of hydrogen-bond donors (Lipinski definition) is 0. The van der Waals surface area contributed by atoms with Gasteiger partial charge in [0.25, 0.3) is 5.91 Å². The summed E-state index contributed by atoms with van der Waals surface area (Å²) >= 11 is 0. The predicted octanol–water partition coefficient (Wildman–Crippen LogP) is 3.59. The highest BCUT2D eigenvalue weighted by Crippen LogP contribution is 2.36. The molecule has 4 nitrogen and oxygen atoms in total. The molecule has 120 valence electrons. The average molecular weight is 311 g/mol. The Morgan fingerprint density at radius 2 is 1.87 bits per heavy atom. The molecule has 2 aliphatic rings. The number of rotatable bonds is 2. The highest BCUT2D eigenvalue weighted by Gasteiger charge is 2.37. The molecule has 1 aliphatic heterocycles. The second-order valence-corrected chi connectivity index (χ2v) is 6.74. The van der Waals surface area contributed by atoms with Crippen LogP contribution in [0.1, 0.15) is 48.9 Å². The Kier molecular flexibility index (Phi) is 3.68. The van der Waals surface area contributed by atoms with Crippen molar-refractivity contribution in [3.05, 3.63) is 46.3 Å². The molecule has 1 aliphatic carbocycles. The van der Waals surface area contributed by atoms with Gasteiger partial charge in [-0.15, -0.1) is 0 Å². The van der Waals surface area contributed by atoms with Crippen molar-refractivity contribution in [1.29, 1.82) is 0 Å². The molecular weight excluding hydrogens is 290 g/mol.